The Labute approximate surface area is 95.0 Å². The van der Waals surface area contributed by atoms with Crippen molar-refractivity contribution in [1.82, 2.24) is 5.32 Å². The van der Waals surface area contributed by atoms with Crippen molar-refractivity contribution in [3.8, 4) is 0 Å². The molecule has 0 radical (unpaired) electrons. The molecule has 1 aliphatic rings. The van der Waals surface area contributed by atoms with Gasteiger partial charge in [0.25, 0.3) is 0 Å². The molecule has 1 fully saturated rings. The van der Waals surface area contributed by atoms with Gasteiger partial charge in [0.05, 0.1) is 0 Å². The molecule has 1 unspecified atom stereocenters. The van der Waals surface area contributed by atoms with Crippen LogP contribution in [0.15, 0.2) is 0 Å². The average Bonchev–Trinajstić information content (AvgIpc) is 2.95. The summed E-state index contributed by atoms with van der Waals surface area (Å²) in [6.07, 6.45) is 9.13. The lowest BCUT2D eigenvalue weighted by molar-refractivity contribution is 0.411. The molecule has 90 valence electrons. The van der Waals surface area contributed by atoms with E-state index in [1.165, 1.54) is 45.1 Å². The second-order valence-electron chi connectivity index (χ2n) is 5.26. The Morgan fingerprint density at radius 2 is 1.93 bits per heavy atom. The van der Waals surface area contributed by atoms with Gasteiger partial charge in [-0.25, -0.2) is 0 Å². The fraction of sp³-hybridized carbons (Fsp3) is 1.00. The molecule has 0 aliphatic heterocycles. The van der Waals surface area contributed by atoms with Crippen LogP contribution >= 0.6 is 0 Å². The van der Waals surface area contributed by atoms with Gasteiger partial charge < -0.3 is 11.1 Å². The smallest absolute Gasteiger partial charge is 0.00508 e. The van der Waals surface area contributed by atoms with Crippen molar-refractivity contribution in [3.63, 3.8) is 0 Å². The van der Waals surface area contributed by atoms with Gasteiger partial charge >= 0.3 is 0 Å². The van der Waals surface area contributed by atoms with Gasteiger partial charge in [0.15, 0.2) is 0 Å². The van der Waals surface area contributed by atoms with Crippen molar-refractivity contribution in [2.24, 2.45) is 11.1 Å². The van der Waals surface area contributed by atoms with E-state index in [4.69, 9.17) is 5.73 Å². The Balaban J connectivity index is 1.97. The average molecular weight is 212 g/mol. The van der Waals surface area contributed by atoms with E-state index < -0.39 is 0 Å². The zero-order valence-electron chi connectivity index (χ0n) is 10.5. The van der Waals surface area contributed by atoms with Crippen molar-refractivity contribution in [3.05, 3.63) is 0 Å². The third-order valence-corrected chi connectivity index (χ3v) is 3.59. The minimum absolute atomic E-state index is 0.406. The van der Waals surface area contributed by atoms with Crippen molar-refractivity contribution in [2.75, 3.05) is 13.1 Å². The first-order valence-electron chi connectivity index (χ1n) is 6.69. The standard InChI is InChI=1S/C13H28N2/c1-3-5-12(14)6-10-15-11-13(7-4-2)8-9-13/h12,15H,3-11,14H2,1-2H3. The van der Waals surface area contributed by atoms with E-state index in [-0.39, 0.29) is 0 Å². The number of hydrogen-bond acceptors (Lipinski definition) is 2. The summed E-state index contributed by atoms with van der Waals surface area (Å²) < 4.78 is 0. The quantitative estimate of drug-likeness (QED) is 0.577. The summed E-state index contributed by atoms with van der Waals surface area (Å²) in [6, 6.07) is 0.406. The third-order valence-electron chi connectivity index (χ3n) is 3.59. The molecule has 0 amide bonds. The fourth-order valence-corrected chi connectivity index (χ4v) is 2.38. The first kappa shape index (κ1) is 13.0. The van der Waals surface area contributed by atoms with Crippen LogP contribution in [0.5, 0.6) is 0 Å². The van der Waals surface area contributed by atoms with E-state index in [1.807, 2.05) is 0 Å². The molecule has 1 aliphatic carbocycles. The van der Waals surface area contributed by atoms with Crippen molar-refractivity contribution < 1.29 is 0 Å². The number of hydrogen-bond donors (Lipinski definition) is 2. The van der Waals surface area contributed by atoms with Crippen LogP contribution < -0.4 is 11.1 Å². The van der Waals surface area contributed by atoms with E-state index in [9.17, 15) is 0 Å². The van der Waals surface area contributed by atoms with Gasteiger partial charge in [-0.2, -0.15) is 0 Å². The fourth-order valence-electron chi connectivity index (χ4n) is 2.38. The molecule has 0 aromatic heterocycles. The molecule has 15 heavy (non-hydrogen) atoms. The highest BCUT2D eigenvalue weighted by atomic mass is 14.9. The van der Waals surface area contributed by atoms with Crippen LogP contribution in [0.25, 0.3) is 0 Å². The van der Waals surface area contributed by atoms with E-state index in [2.05, 4.69) is 19.2 Å². The summed E-state index contributed by atoms with van der Waals surface area (Å²) >= 11 is 0. The lowest BCUT2D eigenvalue weighted by Gasteiger charge is -2.16. The topological polar surface area (TPSA) is 38.0 Å². The zero-order chi connectivity index (χ0) is 11.1. The molecule has 1 atom stereocenters. The second-order valence-corrected chi connectivity index (χ2v) is 5.26. The Bertz CT molecular complexity index is 164. The lowest BCUT2D eigenvalue weighted by atomic mass is 10.0. The first-order chi connectivity index (χ1) is 7.22. The maximum Gasteiger partial charge on any atom is 0.00508 e. The molecule has 0 bridgehead atoms. The van der Waals surface area contributed by atoms with Gasteiger partial charge in [0.2, 0.25) is 0 Å². The van der Waals surface area contributed by atoms with Gasteiger partial charge in [0.1, 0.15) is 0 Å². The Hall–Kier alpha value is -0.0800. The van der Waals surface area contributed by atoms with E-state index in [1.54, 1.807) is 0 Å². The maximum absolute atomic E-state index is 5.97. The van der Waals surface area contributed by atoms with Crippen LogP contribution in [0.3, 0.4) is 0 Å². The summed E-state index contributed by atoms with van der Waals surface area (Å²) in [6.45, 7) is 6.82. The highest BCUT2D eigenvalue weighted by molar-refractivity contribution is 4.94. The molecule has 2 heteroatoms. The molecule has 2 nitrogen and oxygen atoms in total. The molecular formula is C13H28N2. The summed E-state index contributed by atoms with van der Waals surface area (Å²) in [4.78, 5) is 0. The number of nitrogens with one attached hydrogen (secondary N) is 1. The Morgan fingerprint density at radius 1 is 1.20 bits per heavy atom. The summed E-state index contributed by atoms with van der Waals surface area (Å²) in [5.41, 5.74) is 6.65. The van der Waals surface area contributed by atoms with Gasteiger partial charge in [-0.3, -0.25) is 0 Å². The predicted octanol–water partition coefficient (Wildman–Crippen LogP) is 2.67. The third kappa shape index (κ3) is 4.98. The highest BCUT2D eigenvalue weighted by Gasteiger charge is 2.40. The van der Waals surface area contributed by atoms with Crippen LogP contribution in [0.2, 0.25) is 0 Å². The van der Waals surface area contributed by atoms with Crippen molar-refractivity contribution >= 4 is 0 Å². The SMILES string of the molecule is CCCC(N)CCNCC1(CCC)CC1. The van der Waals surface area contributed by atoms with Crippen molar-refractivity contribution in [2.45, 2.75) is 64.8 Å². The van der Waals surface area contributed by atoms with Crippen LogP contribution in [-0.2, 0) is 0 Å². The van der Waals surface area contributed by atoms with Crippen LogP contribution in [0.1, 0.15) is 58.8 Å². The normalized spacial score (nSPS) is 20.2. The summed E-state index contributed by atoms with van der Waals surface area (Å²) in [5, 5.41) is 3.58. The largest absolute Gasteiger partial charge is 0.328 e. The molecular weight excluding hydrogens is 184 g/mol. The van der Waals surface area contributed by atoms with Gasteiger partial charge in [-0.1, -0.05) is 26.7 Å². The van der Waals surface area contributed by atoms with E-state index >= 15 is 0 Å². The van der Waals surface area contributed by atoms with E-state index in [0.29, 0.717) is 11.5 Å². The predicted molar refractivity (Wildman–Crippen MR) is 66.9 cm³/mol. The van der Waals surface area contributed by atoms with Crippen LogP contribution in [0.4, 0.5) is 0 Å². The Kier molecular flexibility index (Phi) is 5.62. The first-order valence-corrected chi connectivity index (χ1v) is 6.69. The molecule has 1 rings (SSSR count). The van der Waals surface area contributed by atoms with Crippen molar-refractivity contribution in [1.29, 1.82) is 0 Å². The van der Waals surface area contributed by atoms with Gasteiger partial charge in [0, 0.05) is 12.6 Å². The molecule has 0 heterocycles. The number of nitrogens with two attached hydrogens (primary N) is 1. The summed E-state index contributed by atoms with van der Waals surface area (Å²) in [7, 11) is 0. The molecule has 3 N–H and O–H groups in total. The van der Waals surface area contributed by atoms with Gasteiger partial charge in [-0.05, 0) is 44.1 Å². The second kappa shape index (κ2) is 6.49. The monoisotopic (exact) mass is 212 g/mol. The molecule has 0 aromatic rings. The van der Waals surface area contributed by atoms with E-state index in [0.717, 1.165) is 13.0 Å². The molecule has 0 saturated heterocycles. The Morgan fingerprint density at radius 3 is 2.47 bits per heavy atom. The maximum atomic E-state index is 5.97. The molecule has 0 aromatic carbocycles. The zero-order valence-corrected chi connectivity index (χ0v) is 10.5. The van der Waals surface area contributed by atoms with Gasteiger partial charge in [-0.15, -0.1) is 0 Å². The summed E-state index contributed by atoms with van der Waals surface area (Å²) in [5.74, 6) is 0. The van der Waals surface area contributed by atoms with Crippen LogP contribution in [0, 0.1) is 5.41 Å². The lowest BCUT2D eigenvalue weighted by Crippen LogP contribution is -2.30. The minimum Gasteiger partial charge on any atom is -0.328 e. The van der Waals surface area contributed by atoms with Crippen LogP contribution in [-0.4, -0.2) is 19.1 Å². The minimum atomic E-state index is 0.406. The highest BCUT2D eigenvalue weighted by Crippen LogP contribution is 2.48. The molecule has 1 saturated carbocycles. The number of rotatable bonds is 9. The molecule has 0 spiro atoms.